The first-order valence-corrected chi connectivity index (χ1v) is 8.56. The maximum absolute atomic E-state index is 12.0. The Morgan fingerprint density at radius 3 is 2.83 bits per heavy atom. The number of H-pyrrole nitrogens is 2. The van der Waals surface area contributed by atoms with Gasteiger partial charge >= 0.3 is 5.69 Å². The molecular formula is C16H17N5O2S. The average molecular weight is 343 g/mol. The van der Waals surface area contributed by atoms with Gasteiger partial charge in [0.1, 0.15) is 17.0 Å². The van der Waals surface area contributed by atoms with Gasteiger partial charge in [-0.3, -0.25) is 9.78 Å². The minimum atomic E-state index is -0.510. The van der Waals surface area contributed by atoms with Gasteiger partial charge in [-0.05, 0) is 17.9 Å². The van der Waals surface area contributed by atoms with Gasteiger partial charge in [0.15, 0.2) is 0 Å². The summed E-state index contributed by atoms with van der Waals surface area (Å²) in [5.41, 5.74) is -0.205. The molecule has 0 aliphatic carbocycles. The molecule has 0 unspecified atom stereocenters. The maximum Gasteiger partial charge on any atom is 0.325 e. The second-order valence-electron chi connectivity index (χ2n) is 6.85. The number of nitrogens with zero attached hydrogens (tertiary/aromatic N) is 3. The Morgan fingerprint density at radius 1 is 1.29 bits per heavy atom. The molecule has 1 aliphatic heterocycles. The number of aromatic nitrogens is 4. The molecule has 0 aromatic carbocycles. The second kappa shape index (κ2) is 5.27. The standard InChI is InChI=1S/C16H17N5O2S/c1-16(2)3-4-21(7-16)12-9-5-11(24-14(9)19-8-18-12)10-6-17-15(23)20-13(10)22/h5-6,8H,3-4,7H2,1-2H3,(H2,17,20,22,23). The highest BCUT2D eigenvalue weighted by molar-refractivity contribution is 7.21. The van der Waals surface area contributed by atoms with E-state index in [1.807, 2.05) is 6.07 Å². The van der Waals surface area contributed by atoms with Crippen molar-refractivity contribution < 1.29 is 0 Å². The molecule has 1 aliphatic rings. The van der Waals surface area contributed by atoms with Gasteiger partial charge < -0.3 is 9.88 Å². The lowest BCUT2D eigenvalue weighted by atomic mass is 9.93. The zero-order chi connectivity index (χ0) is 16.9. The fourth-order valence-electron chi connectivity index (χ4n) is 3.11. The van der Waals surface area contributed by atoms with Crippen LogP contribution < -0.4 is 16.1 Å². The minimum Gasteiger partial charge on any atom is -0.355 e. The third-order valence-electron chi connectivity index (χ3n) is 4.37. The number of nitrogens with one attached hydrogen (secondary N) is 2. The molecule has 1 fully saturated rings. The third kappa shape index (κ3) is 2.52. The van der Waals surface area contributed by atoms with E-state index in [1.54, 1.807) is 6.33 Å². The SMILES string of the molecule is CC1(C)CCN(c2ncnc3sc(-c4c[nH]c(=O)[nH]c4=O)cc23)C1. The molecule has 8 heteroatoms. The van der Waals surface area contributed by atoms with Crippen molar-refractivity contribution in [2.24, 2.45) is 5.41 Å². The fraction of sp³-hybridized carbons (Fsp3) is 0.375. The summed E-state index contributed by atoms with van der Waals surface area (Å²) in [5.74, 6) is 0.911. The number of hydrogen-bond acceptors (Lipinski definition) is 6. The topological polar surface area (TPSA) is 94.7 Å². The first-order valence-electron chi connectivity index (χ1n) is 7.75. The Balaban J connectivity index is 1.83. The van der Waals surface area contributed by atoms with Gasteiger partial charge in [0.05, 0.1) is 10.9 Å². The van der Waals surface area contributed by atoms with Gasteiger partial charge in [-0.25, -0.2) is 14.8 Å². The summed E-state index contributed by atoms with van der Waals surface area (Å²) in [7, 11) is 0. The molecule has 0 amide bonds. The number of hydrogen-bond donors (Lipinski definition) is 2. The van der Waals surface area contributed by atoms with E-state index in [9.17, 15) is 9.59 Å². The van der Waals surface area contributed by atoms with Crippen molar-refractivity contribution in [3.05, 3.63) is 39.4 Å². The number of thiophene rings is 1. The number of fused-ring (bicyclic) bond motifs is 1. The van der Waals surface area contributed by atoms with E-state index >= 15 is 0 Å². The van der Waals surface area contributed by atoms with Crippen molar-refractivity contribution in [2.45, 2.75) is 20.3 Å². The Labute approximate surface area is 141 Å². The molecule has 4 rings (SSSR count). The van der Waals surface area contributed by atoms with Crippen molar-refractivity contribution in [3.8, 4) is 10.4 Å². The zero-order valence-corrected chi connectivity index (χ0v) is 14.2. The van der Waals surface area contributed by atoms with Crippen LogP contribution in [0.25, 0.3) is 20.7 Å². The van der Waals surface area contributed by atoms with Crippen LogP contribution in [0, 0.1) is 5.41 Å². The van der Waals surface area contributed by atoms with Gasteiger partial charge in [-0.1, -0.05) is 13.8 Å². The summed E-state index contributed by atoms with van der Waals surface area (Å²) < 4.78 is 0. The van der Waals surface area contributed by atoms with Crippen LogP contribution in [0.4, 0.5) is 5.82 Å². The predicted molar refractivity (Wildman–Crippen MR) is 94.7 cm³/mol. The summed E-state index contributed by atoms with van der Waals surface area (Å²) in [6, 6.07) is 1.93. The van der Waals surface area contributed by atoms with E-state index in [0.717, 1.165) is 40.4 Å². The summed E-state index contributed by atoms with van der Waals surface area (Å²) in [4.78, 5) is 40.7. The molecule has 0 atom stereocenters. The van der Waals surface area contributed by atoms with E-state index in [2.05, 4.69) is 38.7 Å². The largest absolute Gasteiger partial charge is 0.355 e. The number of anilines is 1. The van der Waals surface area contributed by atoms with E-state index in [0.29, 0.717) is 5.56 Å². The highest BCUT2D eigenvalue weighted by atomic mass is 32.1. The molecule has 0 bridgehead atoms. The fourth-order valence-corrected chi connectivity index (χ4v) is 4.12. The van der Waals surface area contributed by atoms with E-state index < -0.39 is 11.2 Å². The number of aromatic amines is 2. The highest BCUT2D eigenvalue weighted by Crippen LogP contribution is 2.38. The lowest BCUT2D eigenvalue weighted by Gasteiger charge is -2.20. The summed E-state index contributed by atoms with van der Waals surface area (Å²) in [5, 5.41) is 0.945. The van der Waals surface area contributed by atoms with Crippen molar-refractivity contribution in [2.75, 3.05) is 18.0 Å². The molecule has 3 aromatic heterocycles. The summed E-state index contributed by atoms with van der Waals surface area (Å²) in [6.07, 6.45) is 4.13. The van der Waals surface area contributed by atoms with Crippen molar-refractivity contribution in [1.29, 1.82) is 0 Å². The van der Waals surface area contributed by atoms with Crippen LogP contribution in [-0.4, -0.2) is 33.0 Å². The molecular weight excluding hydrogens is 326 g/mol. The Hall–Kier alpha value is -2.48. The molecule has 7 nitrogen and oxygen atoms in total. The van der Waals surface area contributed by atoms with Crippen LogP contribution in [0.15, 0.2) is 28.2 Å². The molecule has 4 heterocycles. The lowest BCUT2D eigenvalue weighted by Crippen LogP contribution is -2.23. The molecule has 0 spiro atoms. The van der Waals surface area contributed by atoms with Crippen LogP contribution in [-0.2, 0) is 0 Å². The van der Waals surface area contributed by atoms with Crippen molar-refractivity contribution in [1.82, 2.24) is 19.9 Å². The van der Waals surface area contributed by atoms with E-state index in [-0.39, 0.29) is 5.41 Å². The van der Waals surface area contributed by atoms with Gasteiger partial charge in [0, 0.05) is 24.2 Å². The highest BCUT2D eigenvalue weighted by Gasteiger charge is 2.31. The Bertz CT molecular complexity index is 1030. The molecule has 1 saturated heterocycles. The van der Waals surface area contributed by atoms with E-state index in [4.69, 9.17) is 0 Å². The molecule has 2 N–H and O–H groups in total. The second-order valence-corrected chi connectivity index (χ2v) is 7.88. The normalized spacial score (nSPS) is 16.8. The molecule has 0 radical (unpaired) electrons. The Kier molecular flexibility index (Phi) is 3.31. The smallest absolute Gasteiger partial charge is 0.325 e. The first kappa shape index (κ1) is 15.1. The van der Waals surface area contributed by atoms with Crippen LogP contribution in [0.2, 0.25) is 0 Å². The van der Waals surface area contributed by atoms with Crippen LogP contribution in [0.1, 0.15) is 20.3 Å². The maximum atomic E-state index is 12.0. The molecule has 124 valence electrons. The Morgan fingerprint density at radius 2 is 2.12 bits per heavy atom. The van der Waals surface area contributed by atoms with Crippen molar-refractivity contribution >= 4 is 27.4 Å². The van der Waals surface area contributed by atoms with Gasteiger partial charge in [0.2, 0.25) is 0 Å². The first-order chi connectivity index (χ1) is 11.4. The predicted octanol–water partition coefficient (Wildman–Crippen LogP) is 1.97. The van der Waals surface area contributed by atoms with Gasteiger partial charge in [-0.2, -0.15) is 0 Å². The van der Waals surface area contributed by atoms with Crippen LogP contribution in [0.3, 0.4) is 0 Å². The summed E-state index contributed by atoms with van der Waals surface area (Å²) >= 11 is 1.42. The van der Waals surface area contributed by atoms with E-state index in [1.165, 1.54) is 17.5 Å². The van der Waals surface area contributed by atoms with Crippen LogP contribution in [0.5, 0.6) is 0 Å². The third-order valence-corrected chi connectivity index (χ3v) is 5.45. The minimum absolute atomic E-state index is 0.270. The lowest BCUT2D eigenvalue weighted by molar-refractivity contribution is 0.418. The molecule has 0 saturated carbocycles. The quantitative estimate of drug-likeness (QED) is 0.742. The molecule has 3 aromatic rings. The van der Waals surface area contributed by atoms with Crippen molar-refractivity contribution in [3.63, 3.8) is 0 Å². The average Bonchev–Trinajstić information content (AvgIpc) is 3.09. The van der Waals surface area contributed by atoms with Gasteiger partial charge in [0.25, 0.3) is 5.56 Å². The molecule has 24 heavy (non-hydrogen) atoms. The monoisotopic (exact) mass is 343 g/mol. The zero-order valence-electron chi connectivity index (χ0n) is 13.4. The van der Waals surface area contributed by atoms with Crippen LogP contribution >= 0.6 is 11.3 Å². The number of rotatable bonds is 2. The van der Waals surface area contributed by atoms with Gasteiger partial charge in [-0.15, -0.1) is 11.3 Å². The summed E-state index contributed by atoms with van der Waals surface area (Å²) in [6.45, 7) is 6.42.